The summed E-state index contributed by atoms with van der Waals surface area (Å²) in [7, 11) is -1.57. The lowest BCUT2D eigenvalue weighted by atomic mass is 9.91. The normalized spacial score (nSPS) is 12.0. The summed E-state index contributed by atoms with van der Waals surface area (Å²) in [6, 6.07) is 5.44. The number of amides is 1. The third-order valence-corrected chi connectivity index (χ3v) is 5.51. The molecule has 9 nitrogen and oxygen atoms in total. The van der Waals surface area contributed by atoms with Crippen LogP contribution in [-0.2, 0) is 34.0 Å². The summed E-state index contributed by atoms with van der Waals surface area (Å²) < 4.78 is 41.7. The lowest BCUT2D eigenvalue weighted by Crippen LogP contribution is -2.42. The molecule has 2 N–H and O–H groups in total. The molecule has 1 aromatic rings. The van der Waals surface area contributed by atoms with Crippen LogP contribution in [0.1, 0.15) is 76.7 Å². The summed E-state index contributed by atoms with van der Waals surface area (Å²) in [4.78, 5) is 33.9. The molecule has 2 atom stereocenters. The van der Waals surface area contributed by atoms with E-state index in [0.717, 1.165) is 6.42 Å². The third-order valence-electron chi connectivity index (χ3n) is 4.60. The molecule has 0 bridgehead atoms. The van der Waals surface area contributed by atoms with Crippen molar-refractivity contribution in [3.8, 4) is 0 Å². The van der Waals surface area contributed by atoms with Crippen LogP contribution in [0.25, 0.3) is 0 Å². The summed E-state index contributed by atoms with van der Waals surface area (Å²) in [5, 5.41) is 2.39. The van der Waals surface area contributed by atoms with E-state index in [1.165, 1.54) is 45.2 Å². The lowest BCUT2D eigenvalue weighted by molar-refractivity contribution is -0.144. The van der Waals surface area contributed by atoms with Gasteiger partial charge in [-0.2, -0.15) is 8.42 Å². The van der Waals surface area contributed by atoms with Gasteiger partial charge in [0, 0.05) is 14.2 Å². The highest BCUT2D eigenvalue weighted by Crippen LogP contribution is 2.24. The van der Waals surface area contributed by atoms with E-state index in [0.29, 0.717) is 6.42 Å². The van der Waals surface area contributed by atoms with Gasteiger partial charge in [0.05, 0.1) is 12.1 Å². The molecular weight excluding hydrogens is 481 g/mol. The fourth-order valence-electron chi connectivity index (χ4n) is 2.73. The fraction of sp³-hybridized carbons (Fsp3) is 0.625. The summed E-state index contributed by atoms with van der Waals surface area (Å²) in [6.45, 7) is 6.50. The number of anilines is 1. The molecule has 1 amide bonds. The number of Topliss-reactive ketones (excluding diaryl/α,β-unsaturated/α-hetero) is 2. The number of benzene rings is 1. The molecule has 0 aliphatic rings. The molecule has 2 unspecified atom stereocenters. The van der Waals surface area contributed by atoms with Crippen LogP contribution in [0.2, 0.25) is 0 Å². The minimum atomic E-state index is -4.46. The Bertz CT molecular complexity index is 836. The Labute approximate surface area is 212 Å². The number of carbonyl (C=O) groups is 3. The van der Waals surface area contributed by atoms with E-state index in [9.17, 15) is 22.8 Å². The van der Waals surface area contributed by atoms with Crippen LogP contribution in [0.3, 0.4) is 0 Å². The van der Waals surface area contributed by atoms with Crippen LogP contribution in [0, 0.1) is 0 Å². The van der Waals surface area contributed by atoms with E-state index in [2.05, 4.69) is 5.32 Å². The molecule has 0 radical (unpaired) electrons. The van der Waals surface area contributed by atoms with Crippen LogP contribution in [0.5, 0.6) is 0 Å². The van der Waals surface area contributed by atoms with Gasteiger partial charge in [-0.1, -0.05) is 55.7 Å². The van der Waals surface area contributed by atoms with Gasteiger partial charge in [-0.15, -0.1) is 0 Å². The average Bonchev–Trinajstić information content (AvgIpc) is 2.66. The van der Waals surface area contributed by atoms with Gasteiger partial charge in [-0.05, 0) is 38.8 Å². The Morgan fingerprint density at radius 2 is 1.51 bits per heavy atom. The molecule has 0 aromatic heterocycles. The molecule has 0 spiro atoms. The zero-order valence-corrected chi connectivity index (χ0v) is 19.4. The number of rotatable bonds is 10. The first-order chi connectivity index (χ1) is 13.9. The van der Waals surface area contributed by atoms with Crippen molar-refractivity contribution in [1.82, 2.24) is 0 Å². The monoisotopic (exact) mass is 529 g/mol. The number of para-hydroxylation sites is 1. The van der Waals surface area contributed by atoms with Crippen LogP contribution in [0.4, 0.5) is 10.4 Å². The number of carbonyl (C=O) groups excluding carboxylic acids is 3. The second kappa shape index (κ2) is 21.1. The van der Waals surface area contributed by atoms with E-state index in [-0.39, 0.29) is 64.2 Å². The second-order valence-corrected chi connectivity index (χ2v) is 7.94. The van der Waals surface area contributed by atoms with Crippen LogP contribution >= 0.6 is 0 Å². The van der Waals surface area contributed by atoms with Gasteiger partial charge >= 0.3 is 0 Å². The van der Waals surface area contributed by atoms with E-state index in [4.69, 9.17) is 14.0 Å². The first kappa shape index (κ1) is 46.2. The fourth-order valence-corrected chi connectivity index (χ4v) is 3.37. The number of ether oxygens (including phenoxy) is 2. The lowest BCUT2D eigenvalue weighted by Gasteiger charge is -2.27. The smallest absolute Gasteiger partial charge is 0.296 e. The molecule has 0 saturated carbocycles. The maximum Gasteiger partial charge on any atom is 0.296 e. The van der Waals surface area contributed by atoms with Crippen molar-refractivity contribution in [1.29, 1.82) is 0 Å². The third kappa shape index (κ3) is 14.7. The van der Waals surface area contributed by atoms with Crippen LogP contribution < -0.4 is 5.32 Å². The van der Waals surface area contributed by atoms with Crippen molar-refractivity contribution in [3.05, 3.63) is 24.3 Å². The van der Waals surface area contributed by atoms with Gasteiger partial charge in [0.15, 0.2) is 11.6 Å². The Hall–Kier alpha value is -2.21. The molecule has 11 heteroatoms. The Kier molecular flexibility index (Phi) is 27.8. The standard InChI is InChI=1S/C14H19NO6S.C6H12O2.4CH4.FH/c1-4-14(21-3,10(2)16)9-13(17)15-11-7-5-6-8-12(11)22(18,19)20;1-4-6(8-3)5(2)7;;;;;/h5-8H,4,9H2,1-3H3,(H,15,17)(H,18,19,20);6H,4H2,1-3H3;4*1H4;1H. The SMILES string of the molecule is C.C.C.C.CCC(CC(=O)Nc1ccccc1S(=O)(=O)O)(OC)C(C)=O.CCC(OC)C(C)=O.F. The first-order valence-corrected chi connectivity index (χ1v) is 10.8. The molecule has 0 saturated heterocycles. The minimum absolute atomic E-state index is 0. The van der Waals surface area contributed by atoms with E-state index in [1.807, 2.05) is 6.92 Å². The van der Waals surface area contributed by atoms with Gasteiger partial charge in [-0.25, -0.2) is 0 Å². The summed E-state index contributed by atoms with van der Waals surface area (Å²) in [6.07, 6.45) is 0.627. The highest BCUT2D eigenvalue weighted by Gasteiger charge is 2.36. The highest BCUT2D eigenvalue weighted by atomic mass is 32.2. The first-order valence-electron chi connectivity index (χ1n) is 9.34. The molecule has 0 aliphatic carbocycles. The Morgan fingerprint density at radius 1 is 1.03 bits per heavy atom. The molecule has 35 heavy (non-hydrogen) atoms. The average molecular weight is 530 g/mol. The van der Waals surface area contributed by atoms with Gasteiger partial charge < -0.3 is 14.8 Å². The predicted molar refractivity (Wildman–Crippen MR) is 141 cm³/mol. The summed E-state index contributed by atoms with van der Waals surface area (Å²) >= 11 is 0. The maximum absolute atomic E-state index is 12.1. The van der Waals surface area contributed by atoms with Gasteiger partial charge in [0.25, 0.3) is 10.1 Å². The number of halogens is 1. The second-order valence-electron chi connectivity index (χ2n) is 6.55. The topological polar surface area (TPSA) is 136 Å². The van der Waals surface area contributed by atoms with Crippen molar-refractivity contribution in [2.24, 2.45) is 0 Å². The number of hydrogen-bond donors (Lipinski definition) is 2. The molecule has 0 heterocycles. The summed E-state index contributed by atoms with van der Waals surface area (Å²) in [5.41, 5.74) is -1.31. The van der Waals surface area contributed by atoms with Crippen molar-refractivity contribution in [2.45, 2.75) is 93.3 Å². The van der Waals surface area contributed by atoms with E-state index in [1.54, 1.807) is 14.0 Å². The molecule has 1 aromatic carbocycles. The highest BCUT2D eigenvalue weighted by molar-refractivity contribution is 7.86. The van der Waals surface area contributed by atoms with Crippen LogP contribution in [-0.4, -0.2) is 56.4 Å². The van der Waals surface area contributed by atoms with Crippen molar-refractivity contribution in [2.75, 3.05) is 19.5 Å². The predicted octanol–water partition coefficient (Wildman–Crippen LogP) is 5.34. The summed E-state index contributed by atoms with van der Waals surface area (Å²) in [5.74, 6) is -0.777. The van der Waals surface area contributed by atoms with Crippen molar-refractivity contribution < 1.29 is 41.5 Å². The number of ketones is 2. The maximum atomic E-state index is 12.1. The quantitative estimate of drug-likeness (QED) is 0.387. The van der Waals surface area contributed by atoms with Gasteiger partial charge in [-0.3, -0.25) is 23.6 Å². The number of nitrogens with one attached hydrogen (secondary N) is 1. The van der Waals surface area contributed by atoms with Crippen molar-refractivity contribution >= 4 is 33.3 Å². The molecule has 1 rings (SSSR count). The Balaban J connectivity index is -0.000000141. The molecule has 210 valence electrons. The van der Waals surface area contributed by atoms with Crippen molar-refractivity contribution in [3.63, 3.8) is 0 Å². The zero-order valence-electron chi connectivity index (χ0n) is 18.6. The Morgan fingerprint density at radius 3 is 1.80 bits per heavy atom. The van der Waals surface area contributed by atoms with E-state index >= 15 is 0 Å². The minimum Gasteiger partial charge on any atom is -0.374 e. The molecule has 0 aliphatic heterocycles. The largest absolute Gasteiger partial charge is 0.374 e. The van der Waals surface area contributed by atoms with Gasteiger partial charge in [0.1, 0.15) is 16.6 Å². The van der Waals surface area contributed by atoms with E-state index < -0.39 is 26.5 Å². The number of methoxy groups -OCH3 is 2. The molecular formula is C24H48FNO8S. The van der Waals surface area contributed by atoms with Gasteiger partial charge in [0.2, 0.25) is 5.91 Å². The zero-order chi connectivity index (χ0) is 23.5. The van der Waals surface area contributed by atoms with Crippen LogP contribution in [0.15, 0.2) is 29.2 Å². The molecule has 0 fully saturated rings. The number of hydrogen-bond acceptors (Lipinski definition) is 7.